The van der Waals surface area contributed by atoms with Gasteiger partial charge in [-0.1, -0.05) is 52.3 Å². The van der Waals surface area contributed by atoms with Crippen LogP contribution in [-0.2, 0) is 12.8 Å². The second-order valence-corrected chi connectivity index (χ2v) is 6.61. The summed E-state index contributed by atoms with van der Waals surface area (Å²) in [6.07, 6.45) is 4.74. The van der Waals surface area contributed by atoms with Crippen molar-refractivity contribution in [1.82, 2.24) is 0 Å². The van der Waals surface area contributed by atoms with Gasteiger partial charge < -0.3 is 5.11 Å². The van der Waals surface area contributed by atoms with E-state index >= 15 is 0 Å². The van der Waals surface area contributed by atoms with Crippen LogP contribution in [0.15, 0.2) is 48.5 Å². The molecule has 1 N–H and O–H groups in total. The summed E-state index contributed by atoms with van der Waals surface area (Å²) in [5.74, 6) is 0.957. The Bertz CT molecular complexity index is 576. The summed E-state index contributed by atoms with van der Waals surface area (Å²) in [6.45, 7) is 0. The first-order valence-electron chi connectivity index (χ1n) is 7.24. The molecule has 0 saturated carbocycles. The molecule has 2 aromatic carbocycles. The summed E-state index contributed by atoms with van der Waals surface area (Å²) in [5.41, 5.74) is 4.24. The number of benzene rings is 2. The van der Waals surface area contributed by atoms with Gasteiger partial charge in [-0.3, -0.25) is 0 Å². The third-order valence-electron chi connectivity index (χ3n) is 4.22. The highest BCUT2D eigenvalue weighted by atomic mass is 79.9. The van der Waals surface area contributed by atoms with E-state index in [1.807, 2.05) is 12.1 Å². The molecular weight excluding hydrogens is 312 g/mol. The Hall–Kier alpha value is -1.28. The molecular formula is C18H19BrO. The van der Waals surface area contributed by atoms with Crippen LogP contribution in [0.4, 0.5) is 0 Å². The molecule has 0 aliphatic heterocycles. The van der Waals surface area contributed by atoms with Gasteiger partial charge in [-0.05, 0) is 60.4 Å². The molecule has 1 aliphatic rings. The maximum absolute atomic E-state index is 9.38. The van der Waals surface area contributed by atoms with E-state index in [1.165, 1.54) is 36.0 Å². The topological polar surface area (TPSA) is 20.2 Å². The molecule has 0 bridgehead atoms. The fraction of sp³-hybridized carbons (Fsp3) is 0.333. The number of rotatable bonds is 2. The Balaban J connectivity index is 1.82. The molecule has 0 heterocycles. The van der Waals surface area contributed by atoms with Gasteiger partial charge in [0.05, 0.1) is 0 Å². The van der Waals surface area contributed by atoms with Crippen LogP contribution < -0.4 is 0 Å². The monoisotopic (exact) mass is 330 g/mol. The smallest absolute Gasteiger partial charge is 0.115 e. The molecule has 104 valence electrons. The van der Waals surface area contributed by atoms with E-state index in [4.69, 9.17) is 0 Å². The van der Waals surface area contributed by atoms with Crippen molar-refractivity contribution >= 4 is 15.9 Å². The average molecular weight is 331 g/mol. The van der Waals surface area contributed by atoms with Gasteiger partial charge in [-0.25, -0.2) is 0 Å². The first kappa shape index (κ1) is 13.7. The first-order valence-corrected chi connectivity index (χ1v) is 8.15. The minimum atomic E-state index is 0.343. The van der Waals surface area contributed by atoms with E-state index < -0.39 is 0 Å². The van der Waals surface area contributed by atoms with Gasteiger partial charge >= 0.3 is 0 Å². The molecule has 2 aromatic rings. The van der Waals surface area contributed by atoms with Crippen molar-refractivity contribution in [3.8, 4) is 5.75 Å². The van der Waals surface area contributed by atoms with Crippen molar-refractivity contribution in [3.63, 3.8) is 0 Å². The quantitative estimate of drug-likeness (QED) is 0.605. The summed E-state index contributed by atoms with van der Waals surface area (Å²) in [7, 11) is 0. The van der Waals surface area contributed by atoms with Crippen LogP contribution in [-0.4, -0.2) is 5.11 Å². The zero-order valence-electron chi connectivity index (χ0n) is 11.4. The average Bonchev–Trinajstić information content (AvgIpc) is 2.62. The molecule has 2 atom stereocenters. The van der Waals surface area contributed by atoms with E-state index in [1.54, 1.807) is 12.1 Å². The number of aryl methyl sites for hydroxylation is 1. The molecule has 2 heteroatoms. The molecule has 0 amide bonds. The Morgan fingerprint density at radius 1 is 1.05 bits per heavy atom. The van der Waals surface area contributed by atoms with Gasteiger partial charge in [0.1, 0.15) is 5.75 Å². The van der Waals surface area contributed by atoms with Crippen molar-refractivity contribution in [2.75, 3.05) is 0 Å². The summed E-state index contributed by atoms with van der Waals surface area (Å²) < 4.78 is 0. The van der Waals surface area contributed by atoms with Gasteiger partial charge in [-0.15, -0.1) is 0 Å². The summed E-state index contributed by atoms with van der Waals surface area (Å²) in [6, 6.07) is 16.4. The third kappa shape index (κ3) is 2.90. The van der Waals surface area contributed by atoms with Gasteiger partial charge in [0.2, 0.25) is 0 Å². The highest BCUT2D eigenvalue weighted by Crippen LogP contribution is 2.40. The van der Waals surface area contributed by atoms with E-state index in [9.17, 15) is 5.11 Å². The Labute approximate surface area is 128 Å². The van der Waals surface area contributed by atoms with Crippen molar-refractivity contribution in [1.29, 1.82) is 0 Å². The van der Waals surface area contributed by atoms with Gasteiger partial charge in [-0.2, -0.15) is 0 Å². The molecule has 1 nitrogen and oxygen atoms in total. The zero-order valence-corrected chi connectivity index (χ0v) is 13.0. The molecule has 0 aromatic heterocycles. The van der Waals surface area contributed by atoms with Gasteiger partial charge in [0.15, 0.2) is 0 Å². The largest absolute Gasteiger partial charge is 0.508 e. The fourth-order valence-electron chi connectivity index (χ4n) is 3.13. The SMILES string of the molecule is Oc1ccc(CC2CCCc3ccccc3C2Br)cc1. The Kier molecular flexibility index (Phi) is 4.11. The van der Waals surface area contributed by atoms with Crippen LogP contribution in [0.3, 0.4) is 0 Å². The molecule has 1 aliphatic carbocycles. The highest BCUT2D eigenvalue weighted by Gasteiger charge is 2.25. The minimum absolute atomic E-state index is 0.343. The second kappa shape index (κ2) is 6.01. The third-order valence-corrected chi connectivity index (χ3v) is 5.46. The van der Waals surface area contributed by atoms with E-state index in [0.717, 1.165) is 6.42 Å². The van der Waals surface area contributed by atoms with Crippen LogP contribution in [0, 0.1) is 5.92 Å². The summed E-state index contributed by atoms with van der Waals surface area (Å²) in [4.78, 5) is 0.426. The fourth-order valence-corrected chi connectivity index (χ4v) is 4.02. The van der Waals surface area contributed by atoms with E-state index in [2.05, 4.69) is 40.2 Å². The number of alkyl halides is 1. The molecule has 0 saturated heterocycles. The predicted octanol–water partition coefficient (Wildman–Crippen LogP) is 5.02. The van der Waals surface area contributed by atoms with Crippen LogP contribution >= 0.6 is 15.9 Å². The lowest BCUT2D eigenvalue weighted by Crippen LogP contribution is -2.10. The maximum atomic E-state index is 9.38. The number of hydrogen-bond acceptors (Lipinski definition) is 1. The van der Waals surface area contributed by atoms with E-state index in [0.29, 0.717) is 16.5 Å². The van der Waals surface area contributed by atoms with Crippen LogP contribution in [0.2, 0.25) is 0 Å². The molecule has 0 radical (unpaired) electrons. The Morgan fingerprint density at radius 2 is 1.80 bits per heavy atom. The van der Waals surface area contributed by atoms with E-state index in [-0.39, 0.29) is 0 Å². The Morgan fingerprint density at radius 3 is 2.60 bits per heavy atom. The van der Waals surface area contributed by atoms with Crippen LogP contribution in [0.5, 0.6) is 5.75 Å². The standard InChI is InChI=1S/C18H19BrO/c19-18-15(12-13-8-10-16(20)11-9-13)6-3-5-14-4-1-2-7-17(14)18/h1-2,4,7-11,15,18,20H,3,5-6,12H2. The van der Waals surface area contributed by atoms with Crippen molar-refractivity contribution < 1.29 is 5.11 Å². The molecule has 0 fully saturated rings. The first-order chi connectivity index (χ1) is 9.74. The van der Waals surface area contributed by atoms with Crippen molar-refractivity contribution in [2.45, 2.75) is 30.5 Å². The molecule has 0 spiro atoms. The number of halogens is 1. The van der Waals surface area contributed by atoms with Crippen molar-refractivity contribution in [3.05, 3.63) is 65.2 Å². The number of phenolic OH excluding ortho intramolecular Hbond substituents is 1. The normalized spacial score (nSPS) is 22.1. The molecule has 3 rings (SSSR count). The maximum Gasteiger partial charge on any atom is 0.115 e. The van der Waals surface area contributed by atoms with Crippen LogP contribution in [0.25, 0.3) is 0 Å². The lowest BCUT2D eigenvalue weighted by Gasteiger charge is -2.21. The van der Waals surface area contributed by atoms with Crippen LogP contribution in [0.1, 0.15) is 34.4 Å². The minimum Gasteiger partial charge on any atom is -0.508 e. The predicted molar refractivity (Wildman–Crippen MR) is 86.3 cm³/mol. The summed E-state index contributed by atoms with van der Waals surface area (Å²) in [5, 5.41) is 9.38. The molecule has 20 heavy (non-hydrogen) atoms. The lowest BCUT2D eigenvalue weighted by atomic mass is 9.90. The number of phenols is 1. The number of fused-ring (bicyclic) bond motifs is 1. The second-order valence-electron chi connectivity index (χ2n) is 5.62. The molecule has 2 unspecified atom stereocenters. The zero-order chi connectivity index (χ0) is 13.9. The van der Waals surface area contributed by atoms with Crippen molar-refractivity contribution in [2.24, 2.45) is 5.92 Å². The summed E-state index contributed by atoms with van der Waals surface area (Å²) >= 11 is 3.93. The van der Waals surface area contributed by atoms with Gasteiger partial charge in [0, 0.05) is 4.83 Å². The number of hydrogen-bond donors (Lipinski definition) is 1. The highest BCUT2D eigenvalue weighted by molar-refractivity contribution is 9.09. The number of aromatic hydroxyl groups is 1. The lowest BCUT2D eigenvalue weighted by molar-refractivity contribution is 0.468. The van der Waals surface area contributed by atoms with Gasteiger partial charge in [0.25, 0.3) is 0 Å².